The Morgan fingerprint density at radius 1 is 1.00 bits per heavy atom. The average Bonchev–Trinajstić information content (AvgIpc) is 2.88. The average molecular weight is 509 g/mol. The number of benzene rings is 3. The molecule has 6 nitrogen and oxygen atoms in total. The van der Waals surface area contributed by atoms with E-state index < -0.39 is 27.8 Å². The standard InChI is InChI=1S/C27H25ClN2O4S/c1-2-34-27(31)26-23(22-15-9-10-16-24(22)28)17-20(19-11-5-3-6-12-19)18-25(26)29-30-35(32,33)21-13-7-4-8-14-21/h3-16,18,23,26,30H,2,17H2,1H3/b29-25-. The second-order valence-electron chi connectivity index (χ2n) is 8.04. The van der Waals surface area contributed by atoms with Gasteiger partial charge in [-0.2, -0.15) is 18.4 Å². The number of carbonyl (C=O) groups is 1. The van der Waals surface area contributed by atoms with Crippen LogP contribution < -0.4 is 4.83 Å². The first-order valence-corrected chi connectivity index (χ1v) is 13.1. The Kier molecular flexibility index (Phi) is 7.68. The molecule has 2 atom stereocenters. The number of sulfonamides is 1. The van der Waals surface area contributed by atoms with Gasteiger partial charge in [-0.25, -0.2) is 0 Å². The summed E-state index contributed by atoms with van der Waals surface area (Å²) in [4.78, 5) is 15.6. The Bertz CT molecular complexity index is 1360. The monoisotopic (exact) mass is 508 g/mol. The summed E-state index contributed by atoms with van der Waals surface area (Å²) in [5, 5.41) is 4.77. The van der Waals surface area contributed by atoms with E-state index in [9.17, 15) is 13.2 Å². The predicted octanol–water partition coefficient (Wildman–Crippen LogP) is 5.42. The van der Waals surface area contributed by atoms with E-state index in [1.54, 1.807) is 37.3 Å². The summed E-state index contributed by atoms with van der Waals surface area (Å²) >= 11 is 6.55. The maximum atomic E-state index is 13.2. The van der Waals surface area contributed by atoms with Gasteiger partial charge in [0.2, 0.25) is 0 Å². The summed E-state index contributed by atoms with van der Waals surface area (Å²) in [5.74, 6) is -1.73. The van der Waals surface area contributed by atoms with Crippen molar-refractivity contribution in [2.75, 3.05) is 6.61 Å². The van der Waals surface area contributed by atoms with E-state index in [2.05, 4.69) is 9.93 Å². The molecule has 0 heterocycles. The zero-order valence-corrected chi connectivity index (χ0v) is 20.7. The third-order valence-electron chi connectivity index (χ3n) is 5.82. The Morgan fingerprint density at radius 2 is 1.63 bits per heavy atom. The van der Waals surface area contributed by atoms with Gasteiger partial charge >= 0.3 is 5.97 Å². The third kappa shape index (κ3) is 5.63. The zero-order chi connectivity index (χ0) is 24.8. The molecule has 0 saturated carbocycles. The van der Waals surface area contributed by atoms with Crippen LogP contribution in [0, 0.1) is 5.92 Å². The molecule has 35 heavy (non-hydrogen) atoms. The molecule has 0 aromatic heterocycles. The van der Waals surface area contributed by atoms with Crippen molar-refractivity contribution < 1.29 is 17.9 Å². The van der Waals surface area contributed by atoms with E-state index in [1.807, 2.05) is 48.5 Å². The molecule has 1 N–H and O–H groups in total. The highest BCUT2D eigenvalue weighted by Gasteiger charge is 2.39. The summed E-state index contributed by atoms with van der Waals surface area (Å²) < 4.78 is 31.1. The quantitative estimate of drug-likeness (QED) is 0.341. The number of rotatable bonds is 7. The molecule has 0 fully saturated rings. The van der Waals surface area contributed by atoms with Crippen LogP contribution in [-0.2, 0) is 19.6 Å². The van der Waals surface area contributed by atoms with Crippen LogP contribution in [0.5, 0.6) is 0 Å². The van der Waals surface area contributed by atoms with Crippen LogP contribution in [-0.4, -0.2) is 26.7 Å². The third-order valence-corrected chi connectivity index (χ3v) is 7.39. The first kappa shape index (κ1) is 24.7. The predicted molar refractivity (Wildman–Crippen MR) is 138 cm³/mol. The number of nitrogens with zero attached hydrogens (tertiary/aromatic N) is 1. The number of hydrogen-bond donors (Lipinski definition) is 1. The molecule has 3 aromatic rings. The van der Waals surface area contributed by atoms with E-state index in [1.165, 1.54) is 12.1 Å². The topological polar surface area (TPSA) is 84.8 Å². The van der Waals surface area contributed by atoms with Crippen molar-refractivity contribution in [1.82, 2.24) is 4.83 Å². The number of ether oxygens (including phenoxy) is 1. The lowest BCUT2D eigenvalue weighted by Crippen LogP contribution is -2.36. The fourth-order valence-corrected chi connectivity index (χ4v) is 5.31. The van der Waals surface area contributed by atoms with Crippen molar-refractivity contribution in [3.8, 4) is 0 Å². The van der Waals surface area contributed by atoms with Crippen molar-refractivity contribution in [1.29, 1.82) is 0 Å². The Hall–Kier alpha value is -3.42. The molecule has 180 valence electrons. The van der Waals surface area contributed by atoms with Gasteiger partial charge in [0.25, 0.3) is 10.0 Å². The number of esters is 1. The maximum Gasteiger partial charge on any atom is 0.315 e. The maximum absolute atomic E-state index is 13.2. The number of nitrogens with one attached hydrogen (secondary N) is 1. The molecule has 2 unspecified atom stereocenters. The molecule has 1 aliphatic rings. The van der Waals surface area contributed by atoms with Gasteiger partial charge in [-0.05, 0) is 54.3 Å². The van der Waals surface area contributed by atoms with Gasteiger partial charge in [-0.15, -0.1) is 0 Å². The lowest BCUT2D eigenvalue weighted by Gasteiger charge is -2.32. The summed E-state index contributed by atoms with van der Waals surface area (Å²) in [6.45, 7) is 1.91. The van der Waals surface area contributed by atoms with E-state index >= 15 is 0 Å². The highest BCUT2D eigenvalue weighted by Crippen LogP contribution is 2.42. The van der Waals surface area contributed by atoms with Crippen LogP contribution in [0.1, 0.15) is 30.4 Å². The SMILES string of the molecule is CCOC(=O)C1/C(=N\NS(=O)(=O)c2ccccc2)C=C(c2ccccc2)CC1c1ccccc1Cl. The van der Waals surface area contributed by atoms with Crippen molar-refractivity contribution in [3.63, 3.8) is 0 Å². The Morgan fingerprint density at radius 3 is 2.29 bits per heavy atom. The van der Waals surface area contributed by atoms with Crippen LogP contribution in [0.25, 0.3) is 5.57 Å². The Labute approximate surface area is 210 Å². The largest absolute Gasteiger partial charge is 0.465 e. The minimum Gasteiger partial charge on any atom is -0.465 e. The van der Waals surface area contributed by atoms with E-state index in [-0.39, 0.29) is 17.2 Å². The fourth-order valence-electron chi connectivity index (χ4n) is 4.19. The number of hydrazone groups is 1. The number of allylic oxidation sites excluding steroid dienone is 2. The molecule has 0 bridgehead atoms. The van der Waals surface area contributed by atoms with Crippen LogP contribution >= 0.6 is 11.6 Å². The van der Waals surface area contributed by atoms with E-state index in [0.717, 1.165) is 16.7 Å². The summed E-state index contributed by atoms with van der Waals surface area (Å²) in [7, 11) is -3.94. The van der Waals surface area contributed by atoms with Gasteiger partial charge in [0.1, 0.15) is 5.92 Å². The Balaban J connectivity index is 1.84. The molecule has 0 radical (unpaired) electrons. The molecule has 4 rings (SSSR count). The van der Waals surface area contributed by atoms with Gasteiger partial charge in [0.05, 0.1) is 17.2 Å². The second-order valence-corrected chi connectivity index (χ2v) is 10.1. The molecule has 0 amide bonds. The number of halogens is 1. The smallest absolute Gasteiger partial charge is 0.315 e. The highest BCUT2D eigenvalue weighted by atomic mass is 35.5. The van der Waals surface area contributed by atoms with Gasteiger partial charge in [0, 0.05) is 10.9 Å². The van der Waals surface area contributed by atoms with Gasteiger partial charge in [-0.3, -0.25) is 4.79 Å². The van der Waals surface area contributed by atoms with Gasteiger partial charge in [0.15, 0.2) is 0 Å². The molecule has 1 aliphatic carbocycles. The first-order chi connectivity index (χ1) is 16.9. The first-order valence-electron chi connectivity index (χ1n) is 11.2. The molecule has 3 aromatic carbocycles. The van der Waals surface area contributed by atoms with E-state index in [0.29, 0.717) is 11.4 Å². The lowest BCUT2D eigenvalue weighted by atomic mass is 9.73. The molecule has 8 heteroatoms. The highest BCUT2D eigenvalue weighted by molar-refractivity contribution is 7.89. The van der Waals surface area contributed by atoms with Crippen LogP contribution in [0.4, 0.5) is 0 Å². The normalized spacial score (nSPS) is 19.1. The van der Waals surface area contributed by atoms with Crippen molar-refractivity contribution in [2.24, 2.45) is 11.0 Å². The van der Waals surface area contributed by atoms with Crippen molar-refractivity contribution >= 4 is 38.9 Å². The van der Waals surface area contributed by atoms with Gasteiger partial charge < -0.3 is 4.74 Å². The van der Waals surface area contributed by atoms with Crippen LogP contribution in [0.2, 0.25) is 5.02 Å². The van der Waals surface area contributed by atoms with Gasteiger partial charge in [-0.1, -0.05) is 78.3 Å². The summed E-state index contributed by atoms with van der Waals surface area (Å²) in [6.07, 6.45) is 2.26. The van der Waals surface area contributed by atoms with Crippen molar-refractivity contribution in [2.45, 2.75) is 24.2 Å². The zero-order valence-electron chi connectivity index (χ0n) is 19.1. The fraction of sp³-hybridized carbons (Fsp3) is 0.185. The van der Waals surface area contributed by atoms with Crippen LogP contribution in [0.15, 0.2) is 101 Å². The molecule has 0 aliphatic heterocycles. The van der Waals surface area contributed by atoms with E-state index in [4.69, 9.17) is 16.3 Å². The minimum absolute atomic E-state index is 0.0720. The second kappa shape index (κ2) is 10.9. The van der Waals surface area contributed by atoms with Crippen LogP contribution in [0.3, 0.4) is 0 Å². The van der Waals surface area contributed by atoms with Crippen molar-refractivity contribution in [3.05, 3.63) is 107 Å². The minimum atomic E-state index is -3.94. The summed E-state index contributed by atoms with van der Waals surface area (Å²) in [6, 6.07) is 25.0. The molecule has 0 spiro atoms. The molecular weight excluding hydrogens is 484 g/mol. The number of hydrogen-bond acceptors (Lipinski definition) is 5. The summed E-state index contributed by atoms with van der Waals surface area (Å²) in [5.41, 5.74) is 2.89. The molecular formula is C27H25ClN2O4S. The number of carbonyl (C=O) groups excluding carboxylic acids is 1. The molecule has 0 saturated heterocycles. The lowest BCUT2D eigenvalue weighted by molar-refractivity contribution is -0.146.